The van der Waals surface area contributed by atoms with Gasteiger partial charge in [-0.25, -0.2) is 0 Å². The van der Waals surface area contributed by atoms with Gasteiger partial charge in [0.05, 0.1) is 6.61 Å². The number of ether oxygens (including phenoxy) is 1. The Morgan fingerprint density at radius 3 is 2.79 bits per heavy atom. The van der Waals surface area contributed by atoms with Crippen LogP contribution in [0.1, 0.15) is 19.3 Å². The summed E-state index contributed by atoms with van der Waals surface area (Å²) in [4.78, 5) is 2.34. The van der Waals surface area contributed by atoms with Crippen molar-refractivity contribution in [3.05, 3.63) is 0 Å². The molecule has 1 aliphatic carbocycles. The molecule has 3 heteroatoms. The lowest BCUT2D eigenvalue weighted by atomic mass is 10.4. The summed E-state index contributed by atoms with van der Waals surface area (Å²) in [6, 6.07) is 0. The van der Waals surface area contributed by atoms with Gasteiger partial charge in [0.2, 0.25) is 0 Å². The summed E-state index contributed by atoms with van der Waals surface area (Å²) in [5, 5.41) is 3.16. The van der Waals surface area contributed by atoms with Gasteiger partial charge in [0, 0.05) is 13.2 Å². The normalized spacial score (nSPS) is 16.5. The van der Waals surface area contributed by atoms with Gasteiger partial charge in [-0.3, -0.25) is 0 Å². The molecule has 1 fully saturated rings. The molecule has 0 aromatic heterocycles. The summed E-state index contributed by atoms with van der Waals surface area (Å²) in [6.45, 7) is 5.22. The van der Waals surface area contributed by atoms with Crippen molar-refractivity contribution in [3.63, 3.8) is 0 Å². The lowest BCUT2D eigenvalue weighted by Crippen LogP contribution is -2.26. The van der Waals surface area contributed by atoms with Crippen molar-refractivity contribution in [1.29, 1.82) is 0 Å². The molecule has 1 saturated carbocycles. The van der Waals surface area contributed by atoms with Crippen LogP contribution in [0.15, 0.2) is 0 Å². The molecule has 0 radical (unpaired) electrons. The highest BCUT2D eigenvalue weighted by Gasteiger charge is 2.20. The Morgan fingerprint density at radius 1 is 1.36 bits per heavy atom. The number of likely N-dealkylation sites (N-methyl/N-ethyl adjacent to an activating group) is 1. The minimum absolute atomic E-state index is 0.893. The first-order chi connectivity index (χ1) is 6.83. The Bertz CT molecular complexity index is 137. The summed E-state index contributed by atoms with van der Waals surface area (Å²) in [7, 11) is 4.16. The molecule has 3 nitrogen and oxygen atoms in total. The maximum atomic E-state index is 5.58. The van der Waals surface area contributed by atoms with E-state index in [1.165, 1.54) is 19.3 Å². The Labute approximate surface area is 87.8 Å². The van der Waals surface area contributed by atoms with E-state index in [1.807, 2.05) is 7.05 Å². The topological polar surface area (TPSA) is 24.5 Å². The van der Waals surface area contributed by atoms with Crippen LogP contribution in [-0.4, -0.2) is 51.8 Å². The molecule has 14 heavy (non-hydrogen) atoms. The second-order valence-corrected chi connectivity index (χ2v) is 4.28. The van der Waals surface area contributed by atoms with Crippen LogP contribution in [0.25, 0.3) is 0 Å². The molecular formula is C11H24N2O. The molecule has 0 atom stereocenters. The molecule has 1 rings (SSSR count). The third kappa shape index (κ3) is 6.35. The van der Waals surface area contributed by atoms with Crippen LogP contribution in [-0.2, 0) is 4.74 Å². The lowest BCUT2D eigenvalue weighted by molar-refractivity contribution is 0.103. The fourth-order valence-electron chi connectivity index (χ4n) is 1.39. The van der Waals surface area contributed by atoms with E-state index in [9.17, 15) is 0 Å². The minimum Gasteiger partial charge on any atom is -0.380 e. The molecular weight excluding hydrogens is 176 g/mol. The summed E-state index contributed by atoms with van der Waals surface area (Å²) < 4.78 is 5.58. The van der Waals surface area contributed by atoms with Gasteiger partial charge in [-0.15, -0.1) is 0 Å². The van der Waals surface area contributed by atoms with Gasteiger partial charge >= 0.3 is 0 Å². The SMILES string of the molecule is CNCCCN(C)CCOCC1CC1. The highest BCUT2D eigenvalue weighted by molar-refractivity contribution is 4.71. The van der Waals surface area contributed by atoms with Crippen LogP contribution in [0.3, 0.4) is 0 Å². The zero-order valence-corrected chi connectivity index (χ0v) is 9.59. The van der Waals surface area contributed by atoms with E-state index in [0.717, 1.165) is 38.8 Å². The van der Waals surface area contributed by atoms with Crippen LogP contribution >= 0.6 is 0 Å². The van der Waals surface area contributed by atoms with Gasteiger partial charge in [0.1, 0.15) is 0 Å². The van der Waals surface area contributed by atoms with Crippen molar-refractivity contribution in [3.8, 4) is 0 Å². The number of hydrogen-bond donors (Lipinski definition) is 1. The molecule has 0 saturated heterocycles. The summed E-state index contributed by atoms with van der Waals surface area (Å²) in [6.07, 6.45) is 3.99. The summed E-state index contributed by atoms with van der Waals surface area (Å²) >= 11 is 0. The Balaban J connectivity index is 1.78. The summed E-state index contributed by atoms with van der Waals surface area (Å²) in [5.41, 5.74) is 0. The van der Waals surface area contributed by atoms with Gasteiger partial charge in [0.15, 0.2) is 0 Å². The van der Waals surface area contributed by atoms with E-state index in [4.69, 9.17) is 4.74 Å². The van der Waals surface area contributed by atoms with Crippen molar-refractivity contribution in [1.82, 2.24) is 10.2 Å². The Morgan fingerprint density at radius 2 is 2.14 bits per heavy atom. The van der Waals surface area contributed by atoms with E-state index < -0.39 is 0 Å². The fraction of sp³-hybridized carbons (Fsp3) is 1.00. The maximum Gasteiger partial charge on any atom is 0.0593 e. The van der Waals surface area contributed by atoms with Gasteiger partial charge in [-0.2, -0.15) is 0 Å². The Hall–Kier alpha value is -0.120. The highest BCUT2D eigenvalue weighted by atomic mass is 16.5. The first-order valence-electron chi connectivity index (χ1n) is 5.74. The van der Waals surface area contributed by atoms with E-state index >= 15 is 0 Å². The Kier molecular flexibility index (Phi) is 6.15. The average molecular weight is 200 g/mol. The van der Waals surface area contributed by atoms with E-state index in [-0.39, 0.29) is 0 Å². The van der Waals surface area contributed by atoms with Crippen LogP contribution < -0.4 is 5.32 Å². The van der Waals surface area contributed by atoms with Gasteiger partial charge in [0.25, 0.3) is 0 Å². The molecule has 0 heterocycles. The molecule has 1 N–H and O–H groups in total. The first kappa shape index (κ1) is 12.0. The van der Waals surface area contributed by atoms with E-state index in [0.29, 0.717) is 0 Å². The molecule has 0 aromatic rings. The number of hydrogen-bond acceptors (Lipinski definition) is 3. The zero-order valence-electron chi connectivity index (χ0n) is 9.59. The molecule has 0 aromatic carbocycles. The number of nitrogens with zero attached hydrogens (tertiary/aromatic N) is 1. The molecule has 0 unspecified atom stereocenters. The summed E-state index contributed by atoms with van der Waals surface area (Å²) in [5.74, 6) is 0.893. The molecule has 0 aliphatic heterocycles. The van der Waals surface area contributed by atoms with Crippen molar-refractivity contribution in [2.75, 3.05) is 46.9 Å². The molecule has 1 aliphatic rings. The van der Waals surface area contributed by atoms with Crippen LogP contribution in [0, 0.1) is 5.92 Å². The molecule has 0 bridgehead atoms. The van der Waals surface area contributed by atoms with Crippen LogP contribution in [0.2, 0.25) is 0 Å². The van der Waals surface area contributed by atoms with Crippen molar-refractivity contribution < 1.29 is 4.74 Å². The van der Waals surface area contributed by atoms with Crippen LogP contribution in [0.4, 0.5) is 0 Å². The zero-order chi connectivity index (χ0) is 10.2. The largest absolute Gasteiger partial charge is 0.380 e. The van der Waals surface area contributed by atoms with Crippen molar-refractivity contribution in [2.45, 2.75) is 19.3 Å². The second kappa shape index (κ2) is 7.21. The minimum atomic E-state index is 0.893. The van der Waals surface area contributed by atoms with Crippen molar-refractivity contribution in [2.24, 2.45) is 5.92 Å². The number of nitrogens with one attached hydrogen (secondary N) is 1. The standard InChI is InChI=1S/C11H24N2O/c1-12-6-3-7-13(2)8-9-14-10-11-4-5-11/h11-12H,3-10H2,1-2H3. The molecule has 0 amide bonds. The van der Waals surface area contributed by atoms with Gasteiger partial charge in [-0.05, 0) is 52.4 Å². The molecule has 0 spiro atoms. The predicted octanol–water partition coefficient (Wildman–Crippen LogP) is 0.954. The lowest BCUT2D eigenvalue weighted by Gasteiger charge is -2.16. The van der Waals surface area contributed by atoms with Crippen molar-refractivity contribution >= 4 is 0 Å². The quantitative estimate of drug-likeness (QED) is 0.561. The average Bonchev–Trinajstić information content (AvgIpc) is 2.97. The third-order valence-corrected chi connectivity index (χ3v) is 2.63. The smallest absolute Gasteiger partial charge is 0.0593 e. The van der Waals surface area contributed by atoms with Crippen LogP contribution in [0.5, 0.6) is 0 Å². The van der Waals surface area contributed by atoms with E-state index in [2.05, 4.69) is 17.3 Å². The third-order valence-electron chi connectivity index (χ3n) is 2.63. The van der Waals surface area contributed by atoms with Gasteiger partial charge in [-0.1, -0.05) is 0 Å². The second-order valence-electron chi connectivity index (χ2n) is 4.28. The predicted molar refractivity (Wildman–Crippen MR) is 59.6 cm³/mol. The fourth-order valence-corrected chi connectivity index (χ4v) is 1.39. The first-order valence-corrected chi connectivity index (χ1v) is 5.74. The highest BCUT2D eigenvalue weighted by Crippen LogP contribution is 2.28. The monoisotopic (exact) mass is 200 g/mol. The number of rotatable bonds is 9. The van der Waals surface area contributed by atoms with E-state index in [1.54, 1.807) is 0 Å². The maximum absolute atomic E-state index is 5.58. The molecule has 84 valence electrons. The van der Waals surface area contributed by atoms with Gasteiger partial charge < -0.3 is 15.0 Å².